The molecule has 3 atom stereocenters. The first-order valence-electron chi connectivity index (χ1n) is 10.8. The molecular formula is C22H30F3N3O4. The number of ether oxygens (including phenoxy) is 2. The van der Waals surface area contributed by atoms with Gasteiger partial charge in [0.15, 0.2) is 6.10 Å². The molecule has 0 spiro atoms. The summed E-state index contributed by atoms with van der Waals surface area (Å²) < 4.78 is 49.4. The van der Waals surface area contributed by atoms with Gasteiger partial charge in [0.2, 0.25) is 11.7 Å². The first-order valence-corrected chi connectivity index (χ1v) is 10.8. The lowest BCUT2D eigenvalue weighted by Crippen LogP contribution is -2.57. The van der Waals surface area contributed by atoms with E-state index in [1.807, 2.05) is 25.7 Å². The number of amides is 1. The molecule has 0 aliphatic carbocycles. The molecule has 7 nitrogen and oxygen atoms in total. The highest BCUT2D eigenvalue weighted by Gasteiger charge is 2.49. The van der Waals surface area contributed by atoms with Crippen LogP contribution in [-0.4, -0.2) is 59.3 Å². The normalized spacial score (nSPS) is 24.6. The van der Waals surface area contributed by atoms with E-state index < -0.39 is 35.5 Å². The maximum Gasteiger partial charge on any atom is 0.417 e. The Hall–Kier alpha value is -2.36. The second kappa shape index (κ2) is 8.88. The minimum atomic E-state index is -4.44. The molecule has 0 unspecified atom stereocenters. The van der Waals surface area contributed by atoms with Gasteiger partial charge in [-0.1, -0.05) is 13.8 Å². The molecular weight excluding hydrogens is 427 g/mol. The Labute approximate surface area is 185 Å². The van der Waals surface area contributed by atoms with E-state index in [0.717, 1.165) is 12.3 Å². The van der Waals surface area contributed by atoms with E-state index in [1.165, 1.54) is 6.07 Å². The van der Waals surface area contributed by atoms with Crippen molar-refractivity contribution in [1.29, 1.82) is 0 Å². The zero-order valence-corrected chi connectivity index (χ0v) is 19.0. The third kappa shape index (κ3) is 5.33. The molecule has 1 aromatic heterocycles. The fourth-order valence-electron chi connectivity index (χ4n) is 4.23. The topological polar surface area (TPSA) is 72.0 Å². The molecule has 0 saturated carbocycles. The molecule has 1 aromatic rings. The van der Waals surface area contributed by atoms with E-state index in [0.29, 0.717) is 31.9 Å². The Morgan fingerprint density at radius 2 is 1.97 bits per heavy atom. The van der Waals surface area contributed by atoms with Gasteiger partial charge in [-0.2, -0.15) is 13.2 Å². The van der Waals surface area contributed by atoms with E-state index in [4.69, 9.17) is 9.47 Å². The van der Waals surface area contributed by atoms with Crippen LogP contribution in [0.2, 0.25) is 0 Å². The standard InChI is InChI=1S/C22H30F3N3O4/c1-13(2)10-16(18-20(30)32-21(4,5)31-18)19(29)28-9-8-27(12-14(28)3)17-7-6-15(11-26-17)22(23,24)25/h6-7,11,13-14,16,18H,8-10,12H2,1-5H3/t14-,16-,18+/m1/s1. The SMILES string of the molecule is CC(C)C[C@@H](C(=O)N1CCN(c2ccc(C(F)(F)F)cn2)C[C@H]1C)[C@@H]1OC(C)(C)OC1=O. The molecule has 178 valence electrons. The van der Waals surface area contributed by atoms with E-state index >= 15 is 0 Å². The Bertz CT molecular complexity index is 842. The van der Waals surface area contributed by atoms with Gasteiger partial charge < -0.3 is 19.3 Å². The van der Waals surface area contributed by atoms with Gasteiger partial charge in [-0.15, -0.1) is 0 Å². The van der Waals surface area contributed by atoms with E-state index in [1.54, 1.807) is 18.7 Å². The zero-order chi connectivity index (χ0) is 23.8. The highest BCUT2D eigenvalue weighted by atomic mass is 19.4. The predicted octanol–water partition coefficient (Wildman–Crippen LogP) is 3.48. The van der Waals surface area contributed by atoms with Crippen LogP contribution in [0.3, 0.4) is 0 Å². The molecule has 0 N–H and O–H groups in total. The highest BCUT2D eigenvalue weighted by molar-refractivity contribution is 5.88. The first-order chi connectivity index (χ1) is 14.8. The molecule has 10 heteroatoms. The largest absolute Gasteiger partial charge is 0.432 e. The smallest absolute Gasteiger partial charge is 0.417 e. The molecule has 0 aromatic carbocycles. The second-order valence-electron chi connectivity index (χ2n) is 9.32. The summed E-state index contributed by atoms with van der Waals surface area (Å²) in [5.41, 5.74) is -0.800. The Balaban J connectivity index is 1.71. The van der Waals surface area contributed by atoms with Crippen LogP contribution < -0.4 is 4.90 Å². The summed E-state index contributed by atoms with van der Waals surface area (Å²) in [5.74, 6) is -1.85. The Kier molecular flexibility index (Phi) is 6.74. The van der Waals surface area contributed by atoms with Crippen LogP contribution in [0.25, 0.3) is 0 Å². The summed E-state index contributed by atoms with van der Waals surface area (Å²) in [6, 6.07) is 2.13. The number of piperazine rings is 1. The molecule has 2 saturated heterocycles. The van der Waals surface area contributed by atoms with Crippen LogP contribution in [0.5, 0.6) is 0 Å². The van der Waals surface area contributed by atoms with Crippen LogP contribution in [0.15, 0.2) is 18.3 Å². The lowest BCUT2D eigenvalue weighted by atomic mass is 9.90. The number of halogens is 3. The number of nitrogens with zero attached hydrogens (tertiary/aromatic N) is 3. The minimum absolute atomic E-state index is 0.164. The van der Waals surface area contributed by atoms with Crippen molar-refractivity contribution in [2.75, 3.05) is 24.5 Å². The Morgan fingerprint density at radius 1 is 1.28 bits per heavy atom. The number of anilines is 1. The second-order valence-corrected chi connectivity index (χ2v) is 9.32. The quantitative estimate of drug-likeness (QED) is 0.631. The van der Waals surface area contributed by atoms with Crippen LogP contribution >= 0.6 is 0 Å². The van der Waals surface area contributed by atoms with Crippen molar-refractivity contribution in [1.82, 2.24) is 9.88 Å². The fraction of sp³-hybridized carbons (Fsp3) is 0.682. The van der Waals surface area contributed by atoms with Crippen molar-refractivity contribution in [3.63, 3.8) is 0 Å². The van der Waals surface area contributed by atoms with Crippen molar-refractivity contribution in [3.05, 3.63) is 23.9 Å². The summed E-state index contributed by atoms with van der Waals surface area (Å²) in [6.45, 7) is 10.3. The van der Waals surface area contributed by atoms with Crippen molar-refractivity contribution in [2.24, 2.45) is 11.8 Å². The van der Waals surface area contributed by atoms with Crippen LogP contribution in [0.1, 0.15) is 46.6 Å². The van der Waals surface area contributed by atoms with Crippen LogP contribution in [-0.2, 0) is 25.2 Å². The molecule has 0 bridgehead atoms. The van der Waals surface area contributed by atoms with Gasteiger partial charge in [-0.25, -0.2) is 9.78 Å². The van der Waals surface area contributed by atoms with Crippen LogP contribution in [0.4, 0.5) is 19.0 Å². The maximum atomic E-state index is 13.5. The van der Waals surface area contributed by atoms with E-state index in [-0.39, 0.29) is 17.9 Å². The number of alkyl halides is 3. The average molecular weight is 457 g/mol. The van der Waals surface area contributed by atoms with Gasteiger partial charge in [0.1, 0.15) is 5.82 Å². The van der Waals surface area contributed by atoms with Gasteiger partial charge in [0, 0.05) is 45.7 Å². The predicted molar refractivity (Wildman–Crippen MR) is 111 cm³/mol. The van der Waals surface area contributed by atoms with E-state index in [2.05, 4.69) is 4.98 Å². The third-order valence-corrected chi connectivity index (χ3v) is 5.71. The third-order valence-electron chi connectivity index (χ3n) is 5.71. The van der Waals surface area contributed by atoms with Gasteiger partial charge >= 0.3 is 12.1 Å². The molecule has 2 fully saturated rings. The number of aromatic nitrogens is 1. The van der Waals surface area contributed by atoms with Gasteiger partial charge in [-0.3, -0.25) is 4.79 Å². The summed E-state index contributed by atoms with van der Waals surface area (Å²) in [7, 11) is 0. The average Bonchev–Trinajstić information content (AvgIpc) is 2.97. The molecule has 2 aliphatic rings. The maximum absolute atomic E-state index is 13.5. The monoisotopic (exact) mass is 457 g/mol. The molecule has 32 heavy (non-hydrogen) atoms. The summed E-state index contributed by atoms with van der Waals surface area (Å²) in [4.78, 5) is 33.4. The molecule has 2 aliphatic heterocycles. The van der Waals surface area contributed by atoms with Gasteiger partial charge in [0.05, 0.1) is 11.5 Å². The highest BCUT2D eigenvalue weighted by Crippen LogP contribution is 2.33. The number of carbonyl (C=O) groups excluding carboxylic acids is 2. The molecule has 3 heterocycles. The van der Waals surface area contributed by atoms with Crippen LogP contribution in [0, 0.1) is 11.8 Å². The number of pyridine rings is 1. The zero-order valence-electron chi connectivity index (χ0n) is 19.0. The van der Waals surface area contributed by atoms with Crippen molar-refractivity contribution in [3.8, 4) is 0 Å². The lowest BCUT2D eigenvalue weighted by molar-refractivity contribution is -0.163. The number of hydrogen-bond donors (Lipinski definition) is 0. The molecule has 0 radical (unpaired) electrons. The first kappa shape index (κ1) is 24.3. The summed E-state index contributed by atoms with van der Waals surface area (Å²) in [6.07, 6.45) is -4.10. The number of rotatable bonds is 5. The van der Waals surface area contributed by atoms with Crippen molar-refractivity contribution >= 4 is 17.7 Å². The molecule has 3 rings (SSSR count). The molecule has 1 amide bonds. The number of esters is 1. The lowest BCUT2D eigenvalue weighted by Gasteiger charge is -2.42. The summed E-state index contributed by atoms with van der Waals surface area (Å²) in [5, 5.41) is 0. The summed E-state index contributed by atoms with van der Waals surface area (Å²) >= 11 is 0. The number of carbonyl (C=O) groups is 2. The van der Waals surface area contributed by atoms with Gasteiger partial charge in [0.25, 0.3) is 0 Å². The van der Waals surface area contributed by atoms with Crippen molar-refractivity contribution < 1.29 is 32.2 Å². The fourth-order valence-corrected chi connectivity index (χ4v) is 4.23. The van der Waals surface area contributed by atoms with E-state index in [9.17, 15) is 22.8 Å². The minimum Gasteiger partial charge on any atom is -0.432 e. The number of cyclic esters (lactones) is 1. The Morgan fingerprint density at radius 3 is 2.44 bits per heavy atom. The van der Waals surface area contributed by atoms with Gasteiger partial charge in [-0.05, 0) is 31.4 Å². The van der Waals surface area contributed by atoms with Crippen molar-refractivity contribution in [2.45, 2.75) is 65.1 Å². The number of hydrogen-bond acceptors (Lipinski definition) is 6.